The Bertz CT molecular complexity index is 630. The Morgan fingerprint density at radius 1 is 1.33 bits per heavy atom. The molecule has 1 aliphatic rings. The van der Waals surface area contributed by atoms with E-state index in [2.05, 4.69) is 15.5 Å². The molecule has 0 aliphatic heterocycles. The number of nitrogens with zero attached hydrogens (tertiary/aromatic N) is 3. The molecule has 21 heavy (non-hydrogen) atoms. The first-order valence-electron chi connectivity index (χ1n) is 7.51. The lowest BCUT2D eigenvalue weighted by Gasteiger charge is -2.22. The largest absolute Gasteiger partial charge is 0.356 e. The SMILES string of the molecule is NC1(CC(=O)NCCc2nnc3ccccn23)CCCC1. The van der Waals surface area contributed by atoms with Gasteiger partial charge in [-0.3, -0.25) is 9.20 Å². The summed E-state index contributed by atoms with van der Waals surface area (Å²) in [6.07, 6.45) is 7.19. The van der Waals surface area contributed by atoms with E-state index < -0.39 is 0 Å². The zero-order valence-corrected chi connectivity index (χ0v) is 12.1. The van der Waals surface area contributed by atoms with Gasteiger partial charge in [-0.2, -0.15) is 0 Å². The van der Waals surface area contributed by atoms with Gasteiger partial charge in [0.2, 0.25) is 5.91 Å². The Hall–Kier alpha value is -1.95. The summed E-state index contributed by atoms with van der Waals surface area (Å²) in [7, 11) is 0. The van der Waals surface area contributed by atoms with E-state index >= 15 is 0 Å². The van der Waals surface area contributed by atoms with Gasteiger partial charge in [-0.05, 0) is 25.0 Å². The third-order valence-corrected chi connectivity index (χ3v) is 4.17. The maximum Gasteiger partial charge on any atom is 0.221 e. The number of carbonyl (C=O) groups is 1. The summed E-state index contributed by atoms with van der Waals surface area (Å²) in [4.78, 5) is 12.0. The summed E-state index contributed by atoms with van der Waals surface area (Å²) in [6, 6.07) is 5.78. The van der Waals surface area contributed by atoms with Crippen molar-refractivity contribution in [1.29, 1.82) is 0 Å². The zero-order chi connectivity index (χ0) is 14.7. The average Bonchev–Trinajstić information content (AvgIpc) is 3.06. The molecule has 6 nitrogen and oxygen atoms in total. The van der Waals surface area contributed by atoms with Gasteiger partial charge in [-0.15, -0.1) is 10.2 Å². The van der Waals surface area contributed by atoms with Gasteiger partial charge in [-0.1, -0.05) is 18.9 Å². The second kappa shape index (κ2) is 5.81. The molecule has 0 saturated heterocycles. The lowest BCUT2D eigenvalue weighted by atomic mass is 9.94. The zero-order valence-electron chi connectivity index (χ0n) is 12.1. The molecule has 0 unspecified atom stereocenters. The van der Waals surface area contributed by atoms with Gasteiger partial charge in [0.05, 0.1) is 0 Å². The molecule has 3 N–H and O–H groups in total. The van der Waals surface area contributed by atoms with Crippen LogP contribution in [0.25, 0.3) is 5.65 Å². The van der Waals surface area contributed by atoms with Crippen LogP contribution in [0.15, 0.2) is 24.4 Å². The summed E-state index contributed by atoms with van der Waals surface area (Å²) in [6.45, 7) is 0.560. The monoisotopic (exact) mass is 287 g/mol. The van der Waals surface area contributed by atoms with Crippen LogP contribution in [0.5, 0.6) is 0 Å². The van der Waals surface area contributed by atoms with Crippen LogP contribution >= 0.6 is 0 Å². The van der Waals surface area contributed by atoms with E-state index in [1.165, 1.54) is 0 Å². The maximum atomic E-state index is 12.0. The third kappa shape index (κ3) is 3.21. The molecular formula is C15H21N5O. The molecule has 1 saturated carbocycles. The van der Waals surface area contributed by atoms with E-state index in [0.29, 0.717) is 19.4 Å². The van der Waals surface area contributed by atoms with Crippen LogP contribution in [-0.4, -0.2) is 32.6 Å². The van der Waals surface area contributed by atoms with Crippen molar-refractivity contribution in [3.63, 3.8) is 0 Å². The maximum absolute atomic E-state index is 12.0. The second-order valence-electron chi connectivity index (χ2n) is 5.89. The fourth-order valence-corrected chi connectivity index (χ4v) is 3.01. The van der Waals surface area contributed by atoms with Gasteiger partial charge < -0.3 is 11.1 Å². The molecule has 6 heteroatoms. The number of hydrogen-bond donors (Lipinski definition) is 2. The number of nitrogens with two attached hydrogens (primary N) is 1. The number of aromatic nitrogens is 3. The van der Waals surface area contributed by atoms with Gasteiger partial charge in [0, 0.05) is 31.1 Å². The molecule has 3 rings (SSSR count). The summed E-state index contributed by atoms with van der Waals surface area (Å²) >= 11 is 0. The van der Waals surface area contributed by atoms with Crippen molar-refractivity contribution < 1.29 is 4.79 Å². The van der Waals surface area contributed by atoms with Crippen molar-refractivity contribution >= 4 is 11.6 Å². The van der Waals surface area contributed by atoms with E-state index in [4.69, 9.17) is 5.73 Å². The molecule has 0 atom stereocenters. The smallest absolute Gasteiger partial charge is 0.221 e. The van der Waals surface area contributed by atoms with Gasteiger partial charge >= 0.3 is 0 Å². The Morgan fingerprint density at radius 3 is 2.95 bits per heavy atom. The fraction of sp³-hybridized carbons (Fsp3) is 0.533. The van der Waals surface area contributed by atoms with Crippen LogP contribution in [0.1, 0.15) is 37.9 Å². The number of pyridine rings is 1. The van der Waals surface area contributed by atoms with Crippen molar-refractivity contribution in [1.82, 2.24) is 19.9 Å². The Kier molecular flexibility index (Phi) is 3.88. The van der Waals surface area contributed by atoms with E-state index in [0.717, 1.165) is 37.2 Å². The molecule has 0 bridgehead atoms. The van der Waals surface area contributed by atoms with Crippen molar-refractivity contribution in [3.05, 3.63) is 30.2 Å². The van der Waals surface area contributed by atoms with Crippen LogP contribution in [0.3, 0.4) is 0 Å². The highest BCUT2D eigenvalue weighted by Gasteiger charge is 2.31. The van der Waals surface area contributed by atoms with Crippen LogP contribution in [0, 0.1) is 0 Å². The molecule has 0 spiro atoms. The molecule has 2 aromatic rings. The third-order valence-electron chi connectivity index (χ3n) is 4.17. The Balaban J connectivity index is 1.50. The molecule has 0 aromatic carbocycles. The van der Waals surface area contributed by atoms with E-state index in [1.807, 2.05) is 28.8 Å². The van der Waals surface area contributed by atoms with E-state index in [-0.39, 0.29) is 11.4 Å². The van der Waals surface area contributed by atoms with Gasteiger partial charge in [0.15, 0.2) is 5.65 Å². The summed E-state index contributed by atoms with van der Waals surface area (Å²) < 4.78 is 1.94. The minimum Gasteiger partial charge on any atom is -0.356 e. The van der Waals surface area contributed by atoms with Crippen LogP contribution in [0.4, 0.5) is 0 Å². The number of fused-ring (bicyclic) bond motifs is 1. The average molecular weight is 287 g/mol. The molecule has 1 aliphatic carbocycles. The van der Waals surface area contributed by atoms with Gasteiger partial charge in [0.1, 0.15) is 5.82 Å². The first kappa shape index (κ1) is 14.0. The first-order chi connectivity index (χ1) is 10.2. The summed E-state index contributed by atoms with van der Waals surface area (Å²) in [5.41, 5.74) is 6.75. The van der Waals surface area contributed by atoms with Crippen molar-refractivity contribution in [3.8, 4) is 0 Å². The van der Waals surface area contributed by atoms with Crippen LogP contribution in [0.2, 0.25) is 0 Å². The van der Waals surface area contributed by atoms with Crippen molar-refractivity contribution in [2.45, 2.75) is 44.1 Å². The highest BCUT2D eigenvalue weighted by atomic mass is 16.1. The van der Waals surface area contributed by atoms with Crippen LogP contribution in [-0.2, 0) is 11.2 Å². The minimum absolute atomic E-state index is 0.0354. The van der Waals surface area contributed by atoms with E-state index in [1.54, 1.807) is 0 Å². The molecule has 0 radical (unpaired) electrons. The Morgan fingerprint density at radius 2 is 2.14 bits per heavy atom. The molecule has 2 aromatic heterocycles. The number of carbonyl (C=O) groups excluding carboxylic acids is 1. The summed E-state index contributed by atoms with van der Waals surface area (Å²) in [5, 5.41) is 11.2. The normalized spacial score (nSPS) is 17.2. The minimum atomic E-state index is -0.286. The first-order valence-corrected chi connectivity index (χ1v) is 7.51. The molecule has 1 fully saturated rings. The molecule has 112 valence electrons. The number of amides is 1. The number of hydrogen-bond acceptors (Lipinski definition) is 4. The van der Waals surface area contributed by atoms with Gasteiger partial charge in [0.25, 0.3) is 0 Å². The molecular weight excluding hydrogens is 266 g/mol. The van der Waals surface area contributed by atoms with Gasteiger partial charge in [-0.25, -0.2) is 0 Å². The topological polar surface area (TPSA) is 85.3 Å². The predicted octanol–water partition coefficient (Wildman–Crippen LogP) is 1.05. The Labute approximate surface area is 123 Å². The highest BCUT2D eigenvalue weighted by Crippen LogP contribution is 2.29. The second-order valence-corrected chi connectivity index (χ2v) is 5.89. The van der Waals surface area contributed by atoms with Crippen molar-refractivity contribution in [2.24, 2.45) is 5.73 Å². The van der Waals surface area contributed by atoms with Crippen LogP contribution < -0.4 is 11.1 Å². The quantitative estimate of drug-likeness (QED) is 0.860. The fourth-order valence-electron chi connectivity index (χ4n) is 3.01. The molecule has 2 heterocycles. The lowest BCUT2D eigenvalue weighted by molar-refractivity contribution is -0.122. The standard InChI is InChI=1S/C15H21N5O/c16-15(7-2-3-8-15)11-14(21)17-9-6-13-19-18-12-5-1-4-10-20(12)13/h1,4-5,10H,2-3,6-9,11,16H2,(H,17,21). The van der Waals surface area contributed by atoms with Crippen molar-refractivity contribution in [2.75, 3.05) is 6.54 Å². The lowest BCUT2D eigenvalue weighted by Crippen LogP contribution is -2.42. The highest BCUT2D eigenvalue weighted by molar-refractivity contribution is 5.77. The van der Waals surface area contributed by atoms with E-state index in [9.17, 15) is 4.79 Å². The summed E-state index contributed by atoms with van der Waals surface area (Å²) in [5.74, 6) is 0.891. The number of rotatable bonds is 5. The molecule has 1 amide bonds. The predicted molar refractivity (Wildman–Crippen MR) is 79.7 cm³/mol. The number of nitrogens with one attached hydrogen (secondary N) is 1.